The van der Waals surface area contributed by atoms with Gasteiger partial charge in [-0.1, -0.05) is 0 Å². The van der Waals surface area contributed by atoms with Crippen molar-refractivity contribution in [1.82, 2.24) is 14.8 Å². The monoisotopic (exact) mass is 465 g/mol. The summed E-state index contributed by atoms with van der Waals surface area (Å²) in [5.41, 5.74) is 1.27. The van der Waals surface area contributed by atoms with Gasteiger partial charge in [0.1, 0.15) is 17.6 Å². The van der Waals surface area contributed by atoms with E-state index in [9.17, 15) is 9.59 Å². The topological polar surface area (TPSA) is 132 Å². The number of hydrogen-bond donors (Lipinski definition) is 1. The van der Waals surface area contributed by atoms with Gasteiger partial charge in [0.25, 0.3) is 11.9 Å². The molecule has 1 aromatic heterocycles. The molecule has 0 fully saturated rings. The Morgan fingerprint density at radius 1 is 1.09 bits per heavy atom. The Kier molecular flexibility index (Phi) is 6.13. The van der Waals surface area contributed by atoms with Crippen LogP contribution in [0.3, 0.4) is 0 Å². The fourth-order valence-electron chi connectivity index (χ4n) is 3.48. The molecule has 34 heavy (non-hydrogen) atoms. The predicted octanol–water partition coefficient (Wildman–Crippen LogP) is 1.56. The van der Waals surface area contributed by atoms with E-state index < -0.39 is 17.7 Å². The molecule has 1 N–H and O–H groups in total. The summed E-state index contributed by atoms with van der Waals surface area (Å²) in [6.45, 7) is 1.75. The standard InChI is InChI=1S/C22H23N7O5/c1-12-8-17(29(27-12)22-25-20-14(21(31)26-22)11-23-28(20)2)24-18(30)7-6-13-9-15(32-3)19(34-5)16(10-13)33-4/h6-11,14H,1-5H3,(H,24,30)/b7-6-. The van der Waals surface area contributed by atoms with Crippen LogP contribution in [0.25, 0.3) is 6.08 Å². The maximum Gasteiger partial charge on any atom is 0.265 e. The number of nitrogens with zero attached hydrogens (tertiary/aromatic N) is 6. The van der Waals surface area contributed by atoms with E-state index >= 15 is 0 Å². The second-order valence-corrected chi connectivity index (χ2v) is 7.35. The highest BCUT2D eigenvalue weighted by molar-refractivity contribution is 6.24. The highest BCUT2D eigenvalue weighted by Gasteiger charge is 2.35. The highest BCUT2D eigenvalue weighted by Crippen LogP contribution is 2.38. The first-order valence-corrected chi connectivity index (χ1v) is 10.2. The molecule has 0 saturated heterocycles. The number of amides is 2. The smallest absolute Gasteiger partial charge is 0.265 e. The van der Waals surface area contributed by atoms with Crippen molar-refractivity contribution in [2.24, 2.45) is 21.0 Å². The summed E-state index contributed by atoms with van der Waals surface area (Å²) in [6.07, 6.45) is 4.44. The third-order valence-corrected chi connectivity index (χ3v) is 5.08. The zero-order chi connectivity index (χ0) is 24.4. The molecule has 12 nitrogen and oxygen atoms in total. The van der Waals surface area contributed by atoms with Crippen LogP contribution in [0.2, 0.25) is 0 Å². The molecule has 12 heteroatoms. The number of aromatic nitrogens is 2. The molecular formula is C22H23N7O5. The van der Waals surface area contributed by atoms with E-state index in [1.807, 2.05) is 0 Å². The highest BCUT2D eigenvalue weighted by atomic mass is 16.5. The minimum atomic E-state index is -0.607. The molecule has 2 aromatic rings. The number of fused-ring (bicyclic) bond motifs is 1. The summed E-state index contributed by atoms with van der Waals surface area (Å²) in [5.74, 6) is 0.759. The number of hydrogen-bond acceptors (Lipinski definition) is 9. The molecule has 0 spiro atoms. The van der Waals surface area contributed by atoms with Crippen molar-refractivity contribution in [3.8, 4) is 17.2 Å². The second kappa shape index (κ2) is 9.17. The molecule has 1 atom stereocenters. The lowest BCUT2D eigenvalue weighted by Gasteiger charge is -2.17. The maximum absolute atomic E-state index is 12.7. The first kappa shape index (κ1) is 22.7. The zero-order valence-corrected chi connectivity index (χ0v) is 19.3. The van der Waals surface area contributed by atoms with E-state index in [4.69, 9.17) is 14.2 Å². The van der Waals surface area contributed by atoms with Crippen LogP contribution in [-0.2, 0) is 9.59 Å². The normalized spacial score (nSPS) is 16.9. The third-order valence-electron chi connectivity index (χ3n) is 5.08. The van der Waals surface area contributed by atoms with Gasteiger partial charge in [0.2, 0.25) is 11.7 Å². The van der Waals surface area contributed by atoms with Gasteiger partial charge >= 0.3 is 0 Å². The third kappa shape index (κ3) is 4.25. The summed E-state index contributed by atoms with van der Waals surface area (Å²) in [5, 5.41) is 12.6. The van der Waals surface area contributed by atoms with E-state index in [1.165, 1.54) is 43.3 Å². The first-order chi connectivity index (χ1) is 16.3. The Labute approximate surface area is 195 Å². The molecule has 1 aromatic carbocycles. The number of rotatable bonds is 6. The summed E-state index contributed by atoms with van der Waals surface area (Å²) in [6, 6.07) is 5.09. The Morgan fingerprint density at radius 2 is 1.79 bits per heavy atom. The molecule has 0 bridgehead atoms. The van der Waals surface area contributed by atoms with Crippen LogP contribution in [0.1, 0.15) is 11.3 Å². The van der Waals surface area contributed by atoms with Crippen LogP contribution in [0.5, 0.6) is 17.2 Å². The number of hydrazone groups is 1. The van der Waals surface area contributed by atoms with Crippen LogP contribution >= 0.6 is 0 Å². The van der Waals surface area contributed by atoms with Crippen LogP contribution in [0.4, 0.5) is 5.82 Å². The summed E-state index contributed by atoms with van der Waals surface area (Å²) in [4.78, 5) is 33.5. The number of carbonyl (C=O) groups is 2. The largest absolute Gasteiger partial charge is 0.493 e. The lowest BCUT2D eigenvalue weighted by molar-refractivity contribution is -0.118. The molecule has 2 amide bonds. The van der Waals surface area contributed by atoms with Crippen molar-refractivity contribution in [2.75, 3.05) is 33.7 Å². The minimum absolute atomic E-state index is 0.0469. The molecule has 1 unspecified atom stereocenters. The predicted molar refractivity (Wildman–Crippen MR) is 126 cm³/mol. The summed E-state index contributed by atoms with van der Waals surface area (Å²) >= 11 is 0. The fourth-order valence-corrected chi connectivity index (χ4v) is 3.48. The van der Waals surface area contributed by atoms with E-state index in [1.54, 1.807) is 38.2 Å². The van der Waals surface area contributed by atoms with Crippen molar-refractivity contribution in [2.45, 2.75) is 6.92 Å². The van der Waals surface area contributed by atoms with Gasteiger partial charge in [-0.05, 0) is 30.7 Å². The van der Waals surface area contributed by atoms with Crippen molar-refractivity contribution in [1.29, 1.82) is 0 Å². The van der Waals surface area contributed by atoms with Gasteiger partial charge in [-0.15, -0.1) is 0 Å². The van der Waals surface area contributed by atoms with E-state index in [0.717, 1.165) is 0 Å². The molecule has 0 aliphatic carbocycles. The molecule has 0 radical (unpaired) electrons. The zero-order valence-electron chi connectivity index (χ0n) is 19.3. The van der Waals surface area contributed by atoms with Crippen molar-refractivity contribution < 1.29 is 23.8 Å². The molecule has 2 aliphatic heterocycles. The van der Waals surface area contributed by atoms with Gasteiger partial charge < -0.3 is 19.5 Å². The minimum Gasteiger partial charge on any atom is -0.493 e. The summed E-state index contributed by atoms with van der Waals surface area (Å²) in [7, 11) is 6.24. The SMILES string of the molecule is COc1cc(/C=C\C(=O)Nc2cc(C)nn2C2=NC(=O)C3C=NN(C)C3=N2)cc(OC)c1OC. The molecule has 0 saturated carbocycles. The van der Waals surface area contributed by atoms with E-state index in [-0.39, 0.29) is 5.96 Å². The van der Waals surface area contributed by atoms with Gasteiger partial charge in [0.15, 0.2) is 11.5 Å². The van der Waals surface area contributed by atoms with Crippen LogP contribution in [0.15, 0.2) is 39.4 Å². The Bertz CT molecular complexity index is 1250. The van der Waals surface area contributed by atoms with Crippen molar-refractivity contribution in [3.05, 3.63) is 35.5 Å². The number of amidine groups is 1. The first-order valence-electron chi connectivity index (χ1n) is 10.2. The number of aryl methyl sites for hydroxylation is 1. The number of anilines is 1. The lowest BCUT2D eigenvalue weighted by atomic mass is 10.1. The average molecular weight is 465 g/mol. The molecule has 3 heterocycles. The Morgan fingerprint density at radius 3 is 2.44 bits per heavy atom. The van der Waals surface area contributed by atoms with Gasteiger partial charge in [-0.2, -0.15) is 24.9 Å². The Hall–Kier alpha value is -4.48. The lowest BCUT2D eigenvalue weighted by Crippen LogP contribution is -2.35. The number of aliphatic imine (C=N–C) groups is 2. The quantitative estimate of drug-likeness (QED) is 0.640. The number of benzene rings is 1. The van der Waals surface area contributed by atoms with Gasteiger partial charge in [0.05, 0.1) is 27.0 Å². The van der Waals surface area contributed by atoms with Gasteiger partial charge in [0, 0.05) is 25.4 Å². The number of nitrogens with one attached hydrogen (secondary N) is 1. The van der Waals surface area contributed by atoms with Crippen molar-refractivity contribution >= 4 is 41.7 Å². The second-order valence-electron chi connectivity index (χ2n) is 7.35. The molecular weight excluding hydrogens is 442 g/mol. The van der Waals surface area contributed by atoms with Crippen LogP contribution < -0.4 is 19.5 Å². The van der Waals surface area contributed by atoms with Crippen molar-refractivity contribution in [3.63, 3.8) is 0 Å². The maximum atomic E-state index is 12.7. The average Bonchev–Trinajstić information content (AvgIpc) is 3.39. The number of ether oxygens (including phenoxy) is 3. The fraction of sp³-hybridized carbons (Fsp3) is 0.273. The molecule has 4 rings (SSSR count). The van der Waals surface area contributed by atoms with E-state index in [0.29, 0.717) is 40.2 Å². The van der Waals surface area contributed by atoms with Gasteiger partial charge in [-0.25, -0.2) is 0 Å². The van der Waals surface area contributed by atoms with Crippen LogP contribution in [0, 0.1) is 12.8 Å². The van der Waals surface area contributed by atoms with Crippen LogP contribution in [-0.4, -0.2) is 73.0 Å². The number of carbonyl (C=O) groups excluding carboxylic acids is 2. The molecule has 2 aliphatic rings. The molecule has 176 valence electrons. The number of methoxy groups -OCH3 is 3. The van der Waals surface area contributed by atoms with Gasteiger partial charge in [-0.3, -0.25) is 14.6 Å². The van der Waals surface area contributed by atoms with E-state index in [2.05, 4.69) is 25.5 Å². The Balaban J connectivity index is 1.56. The summed E-state index contributed by atoms with van der Waals surface area (Å²) < 4.78 is 17.3.